The van der Waals surface area contributed by atoms with Gasteiger partial charge in [0.1, 0.15) is 11.9 Å². The number of nitrogens with zero attached hydrogens (tertiary/aromatic N) is 2. The summed E-state index contributed by atoms with van der Waals surface area (Å²) < 4.78 is 16.4. The van der Waals surface area contributed by atoms with Crippen LogP contribution in [0.5, 0.6) is 17.2 Å². The lowest BCUT2D eigenvalue weighted by molar-refractivity contribution is -0.144. The van der Waals surface area contributed by atoms with Crippen LogP contribution < -0.4 is 14.2 Å². The molecule has 0 aromatic heterocycles. The SMILES string of the molecule is CCCCN(CCCC)C(C=O)N1CC(c2ccc3c(c2)OCO3)C(C(=O)O)C1c1ccc(OC)cc1. The van der Waals surface area contributed by atoms with Crippen molar-refractivity contribution >= 4 is 12.3 Å². The molecule has 2 aromatic rings. The number of ether oxygens (including phenoxy) is 3. The fourth-order valence-electron chi connectivity index (χ4n) is 5.59. The van der Waals surface area contributed by atoms with Crippen molar-refractivity contribution in [3.8, 4) is 17.2 Å². The van der Waals surface area contributed by atoms with E-state index >= 15 is 0 Å². The molecule has 0 radical (unpaired) electrons. The number of unbranched alkanes of at least 4 members (excludes halogenated alkanes) is 2. The van der Waals surface area contributed by atoms with Crippen LogP contribution in [0.3, 0.4) is 0 Å². The minimum absolute atomic E-state index is 0.156. The predicted octanol–water partition coefficient (Wildman–Crippen LogP) is 4.69. The van der Waals surface area contributed by atoms with Gasteiger partial charge in [-0.05, 0) is 48.2 Å². The van der Waals surface area contributed by atoms with Crippen molar-refractivity contribution in [3.05, 3.63) is 53.6 Å². The normalized spacial score (nSPS) is 21.8. The van der Waals surface area contributed by atoms with E-state index in [0.717, 1.165) is 56.2 Å². The Morgan fingerprint density at radius 3 is 2.32 bits per heavy atom. The summed E-state index contributed by atoms with van der Waals surface area (Å²) in [7, 11) is 1.61. The molecule has 2 aliphatic heterocycles. The van der Waals surface area contributed by atoms with Gasteiger partial charge in [0.15, 0.2) is 17.8 Å². The first kappa shape index (κ1) is 26.9. The maximum absolute atomic E-state index is 12.9. The number of aliphatic carboxylic acids is 1. The number of aldehydes is 1. The van der Waals surface area contributed by atoms with Gasteiger partial charge in [-0.25, -0.2) is 0 Å². The Morgan fingerprint density at radius 2 is 1.73 bits per heavy atom. The second-order valence-electron chi connectivity index (χ2n) is 9.79. The van der Waals surface area contributed by atoms with Crippen LogP contribution in [-0.2, 0) is 9.59 Å². The predicted molar refractivity (Wildman–Crippen MR) is 140 cm³/mol. The molecule has 0 spiro atoms. The molecule has 2 aromatic carbocycles. The number of likely N-dealkylation sites (tertiary alicyclic amines) is 1. The van der Waals surface area contributed by atoms with Crippen LogP contribution in [0.2, 0.25) is 0 Å². The molecule has 0 saturated carbocycles. The van der Waals surface area contributed by atoms with Gasteiger partial charge < -0.3 is 24.1 Å². The number of carboxylic acid groups (broad SMARTS) is 1. The van der Waals surface area contributed by atoms with E-state index in [2.05, 4.69) is 23.6 Å². The van der Waals surface area contributed by atoms with Gasteiger partial charge in [0.25, 0.3) is 0 Å². The van der Waals surface area contributed by atoms with E-state index in [-0.39, 0.29) is 12.7 Å². The first-order valence-electron chi connectivity index (χ1n) is 13.2. The van der Waals surface area contributed by atoms with Crippen molar-refractivity contribution in [1.82, 2.24) is 9.80 Å². The van der Waals surface area contributed by atoms with Crippen LogP contribution in [0.4, 0.5) is 0 Å². The Morgan fingerprint density at radius 1 is 1.08 bits per heavy atom. The molecule has 4 unspecified atom stereocenters. The standard InChI is InChI=1S/C29H38N2O6/c1-4-6-14-30(15-7-5-2)26(18-32)31-17-23(21-10-13-24-25(16-21)37-19-36-24)27(29(33)34)28(31)20-8-11-22(35-3)12-9-20/h8-13,16,18,23,26-28H,4-7,14-15,17,19H2,1-3H3,(H,33,34). The second kappa shape index (κ2) is 12.4. The largest absolute Gasteiger partial charge is 0.497 e. The number of hydrogen-bond donors (Lipinski definition) is 1. The lowest BCUT2D eigenvalue weighted by Crippen LogP contribution is -2.50. The third kappa shape index (κ3) is 5.75. The Hall–Kier alpha value is -3.10. The minimum Gasteiger partial charge on any atom is -0.497 e. The van der Waals surface area contributed by atoms with Gasteiger partial charge in [0.05, 0.1) is 19.1 Å². The molecule has 4 atom stereocenters. The summed E-state index contributed by atoms with van der Waals surface area (Å²) in [6.45, 7) is 6.45. The highest BCUT2D eigenvalue weighted by Crippen LogP contribution is 2.48. The molecule has 2 heterocycles. The smallest absolute Gasteiger partial charge is 0.309 e. The Kier molecular flexibility index (Phi) is 9.05. The topological polar surface area (TPSA) is 88.5 Å². The number of carbonyl (C=O) groups excluding carboxylic acids is 1. The molecule has 8 heteroatoms. The molecule has 2 aliphatic rings. The zero-order chi connectivity index (χ0) is 26.4. The minimum atomic E-state index is -0.885. The van der Waals surface area contributed by atoms with Gasteiger partial charge in [-0.1, -0.05) is 44.9 Å². The number of fused-ring (bicyclic) bond motifs is 1. The van der Waals surface area contributed by atoms with Crippen LogP contribution in [0, 0.1) is 5.92 Å². The summed E-state index contributed by atoms with van der Waals surface area (Å²) >= 11 is 0. The van der Waals surface area contributed by atoms with Crippen LogP contribution in [0.25, 0.3) is 0 Å². The van der Waals surface area contributed by atoms with Crippen LogP contribution in [0.15, 0.2) is 42.5 Å². The molecule has 4 rings (SSSR count). The lowest BCUT2D eigenvalue weighted by atomic mass is 9.82. The van der Waals surface area contributed by atoms with E-state index in [1.807, 2.05) is 42.5 Å². The molecule has 1 N–H and O–H groups in total. The summed E-state index contributed by atoms with van der Waals surface area (Å²) in [6, 6.07) is 12.7. The van der Waals surface area contributed by atoms with Gasteiger partial charge in [-0.3, -0.25) is 14.6 Å². The molecule has 37 heavy (non-hydrogen) atoms. The van der Waals surface area contributed by atoms with Crippen molar-refractivity contribution in [2.75, 3.05) is 33.5 Å². The summed E-state index contributed by atoms with van der Waals surface area (Å²) in [5.74, 6) is 0.0150. The average molecular weight is 511 g/mol. The molecule has 1 saturated heterocycles. The molecule has 0 bridgehead atoms. The van der Waals surface area contributed by atoms with E-state index in [9.17, 15) is 14.7 Å². The number of benzene rings is 2. The van der Waals surface area contributed by atoms with E-state index in [0.29, 0.717) is 23.8 Å². The fourth-order valence-corrected chi connectivity index (χ4v) is 5.59. The maximum atomic E-state index is 12.9. The van der Waals surface area contributed by atoms with Crippen molar-refractivity contribution in [3.63, 3.8) is 0 Å². The molecule has 200 valence electrons. The molecule has 8 nitrogen and oxygen atoms in total. The van der Waals surface area contributed by atoms with Crippen molar-refractivity contribution in [1.29, 1.82) is 0 Å². The second-order valence-corrected chi connectivity index (χ2v) is 9.79. The highest BCUT2D eigenvalue weighted by Gasteiger charge is 2.50. The number of methoxy groups -OCH3 is 1. The van der Waals surface area contributed by atoms with Gasteiger partial charge in [-0.15, -0.1) is 0 Å². The molecular formula is C29H38N2O6. The van der Waals surface area contributed by atoms with Gasteiger partial charge in [-0.2, -0.15) is 0 Å². The van der Waals surface area contributed by atoms with E-state index in [4.69, 9.17) is 14.2 Å². The first-order chi connectivity index (χ1) is 18.0. The highest BCUT2D eigenvalue weighted by molar-refractivity contribution is 5.74. The summed E-state index contributed by atoms with van der Waals surface area (Å²) in [6.07, 6.45) is 4.46. The zero-order valence-corrected chi connectivity index (χ0v) is 22.0. The Labute approximate surface area is 219 Å². The van der Waals surface area contributed by atoms with Crippen LogP contribution in [-0.4, -0.2) is 66.9 Å². The summed E-state index contributed by atoms with van der Waals surface area (Å²) in [4.78, 5) is 29.9. The third-order valence-corrected chi connectivity index (χ3v) is 7.54. The molecule has 1 fully saturated rings. The zero-order valence-electron chi connectivity index (χ0n) is 22.0. The number of carboxylic acids is 1. The number of carbonyl (C=O) groups is 2. The van der Waals surface area contributed by atoms with Crippen LogP contribution >= 0.6 is 0 Å². The van der Waals surface area contributed by atoms with Gasteiger partial charge >= 0.3 is 5.97 Å². The Bertz CT molecular complexity index is 1050. The van der Waals surface area contributed by atoms with E-state index < -0.39 is 24.1 Å². The maximum Gasteiger partial charge on any atom is 0.309 e. The summed E-state index contributed by atoms with van der Waals surface area (Å²) in [5.41, 5.74) is 1.73. The van der Waals surface area contributed by atoms with Gasteiger partial charge in [0.2, 0.25) is 6.79 Å². The first-order valence-corrected chi connectivity index (χ1v) is 13.2. The van der Waals surface area contributed by atoms with Crippen molar-refractivity contribution in [2.24, 2.45) is 5.92 Å². The summed E-state index contributed by atoms with van der Waals surface area (Å²) in [5, 5.41) is 10.6. The lowest BCUT2D eigenvalue weighted by Gasteiger charge is -2.38. The molecule has 0 aliphatic carbocycles. The van der Waals surface area contributed by atoms with Gasteiger partial charge in [0, 0.05) is 25.6 Å². The van der Waals surface area contributed by atoms with Crippen molar-refractivity contribution in [2.45, 2.75) is 57.7 Å². The molecule has 0 amide bonds. The highest BCUT2D eigenvalue weighted by atomic mass is 16.7. The van der Waals surface area contributed by atoms with E-state index in [1.54, 1.807) is 7.11 Å². The third-order valence-electron chi connectivity index (χ3n) is 7.54. The van der Waals surface area contributed by atoms with Crippen LogP contribution in [0.1, 0.15) is 62.6 Å². The quantitative estimate of drug-likeness (QED) is 0.388. The van der Waals surface area contributed by atoms with E-state index in [1.165, 1.54) is 0 Å². The Balaban J connectivity index is 1.77. The average Bonchev–Trinajstić information content (AvgIpc) is 3.55. The monoisotopic (exact) mass is 510 g/mol. The number of hydrogen-bond acceptors (Lipinski definition) is 7. The fraction of sp³-hybridized carbons (Fsp3) is 0.517. The molecular weight excluding hydrogens is 472 g/mol. The number of rotatable bonds is 13. The van der Waals surface area contributed by atoms with Crippen molar-refractivity contribution < 1.29 is 28.9 Å².